The third-order valence-corrected chi connectivity index (χ3v) is 5.48. The van der Waals surface area contributed by atoms with E-state index in [4.69, 9.17) is 14.2 Å². The monoisotopic (exact) mass is 458 g/mol. The van der Waals surface area contributed by atoms with Crippen molar-refractivity contribution in [2.75, 3.05) is 13.2 Å². The normalized spacial score (nSPS) is 10.8. The van der Waals surface area contributed by atoms with E-state index in [2.05, 4.69) is 13.8 Å². The molecule has 0 unspecified atom stereocenters. The van der Waals surface area contributed by atoms with Crippen LogP contribution >= 0.6 is 0 Å². The maximum atomic E-state index is 14.3. The summed E-state index contributed by atoms with van der Waals surface area (Å²) in [6, 6.07) is 11.1. The van der Waals surface area contributed by atoms with E-state index in [0.717, 1.165) is 25.0 Å². The predicted octanol–water partition coefficient (Wildman–Crippen LogP) is 8.13. The molecule has 5 heteroatoms. The van der Waals surface area contributed by atoms with Gasteiger partial charge in [-0.1, -0.05) is 71.6 Å². The Hall–Kier alpha value is -2.56. The van der Waals surface area contributed by atoms with Gasteiger partial charge in [0, 0.05) is 6.07 Å². The average molecular weight is 459 g/mol. The molecule has 4 nitrogen and oxygen atoms in total. The first-order chi connectivity index (χ1) is 16.1. The van der Waals surface area contributed by atoms with Crippen molar-refractivity contribution in [2.45, 2.75) is 84.5 Å². The Morgan fingerprint density at radius 3 is 1.85 bits per heavy atom. The fraction of sp³-hybridized carbons (Fsp3) is 0.536. The molecular formula is C28H39FO4. The summed E-state index contributed by atoms with van der Waals surface area (Å²) >= 11 is 0. The number of ether oxygens (including phenoxy) is 3. The van der Waals surface area contributed by atoms with Crippen LogP contribution in [0.1, 0.15) is 94.8 Å². The molecule has 2 aromatic rings. The van der Waals surface area contributed by atoms with Crippen molar-refractivity contribution in [3.05, 3.63) is 53.8 Å². The van der Waals surface area contributed by atoms with Crippen LogP contribution in [0.3, 0.4) is 0 Å². The van der Waals surface area contributed by atoms with E-state index < -0.39 is 11.8 Å². The molecular weight excluding hydrogens is 419 g/mol. The highest BCUT2D eigenvalue weighted by Crippen LogP contribution is 2.24. The van der Waals surface area contributed by atoms with E-state index >= 15 is 0 Å². The lowest BCUT2D eigenvalue weighted by Gasteiger charge is -2.10. The molecule has 0 amide bonds. The molecule has 0 aliphatic heterocycles. The molecule has 0 bridgehead atoms. The first kappa shape index (κ1) is 26.7. The van der Waals surface area contributed by atoms with Gasteiger partial charge in [-0.2, -0.15) is 0 Å². The number of unbranched alkanes of at least 4 members (excludes halogenated alkanes) is 9. The van der Waals surface area contributed by atoms with Crippen molar-refractivity contribution < 1.29 is 23.4 Å². The lowest BCUT2D eigenvalue weighted by molar-refractivity contribution is 0.0734. The highest BCUT2D eigenvalue weighted by molar-refractivity contribution is 5.91. The molecule has 0 saturated carbocycles. The number of halogens is 1. The van der Waals surface area contributed by atoms with Crippen LogP contribution in [0.15, 0.2) is 42.5 Å². The minimum Gasteiger partial charge on any atom is -0.494 e. The van der Waals surface area contributed by atoms with Crippen LogP contribution < -0.4 is 14.2 Å². The Labute approximate surface area is 198 Å². The number of hydrogen-bond donors (Lipinski definition) is 0. The van der Waals surface area contributed by atoms with Crippen molar-refractivity contribution in [1.29, 1.82) is 0 Å². The molecule has 2 aromatic carbocycles. The molecule has 0 aromatic heterocycles. The molecule has 0 N–H and O–H groups in total. The number of benzene rings is 2. The van der Waals surface area contributed by atoms with Crippen molar-refractivity contribution in [1.82, 2.24) is 0 Å². The van der Waals surface area contributed by atoms with E-state index in [1.165, 1.54) is 63.5 Å². The van der Waals surface area contributed by atoms with Crippen LogP contribution in [-0.4, -0.2) is 19.2 Å². The summed E-state index contributed by atoms with van der Waals surface area (Å²) in [6.45, 7) is 5.53. The zero-order valence-corrected chi connectivity index (χ0v) is 20.2. The van der Waals surface area contributed by atoms with Gasteiger partial charge in [0.05, 0.1) is 18.8 Å². The quantitative estimate of drug-likeness (QED) is 0.136. The molecule has 182 valence electrons. The van der Waals surface area contributed by atoms with E-state index in [9.17, 15) is 9.18 Å². The number of rotatable bonds is 17. The fourth-order valence-electron chi connectivity index (χ4n) is 3.48. The predicted molar refractivity (Wildman–Crippen MR) is 131 cm³/mol. The average Bonchev–Trinajstić information content (AvgIpc) is 2.82. The molecule has 0 radical (unpaired) electrons. The molecule has 0 aliphatic carbocycles. The van der Waals surface area contributed by atoms with Crippen molar-refractivity contribution in [3.63, 3.8) is 0 Å². The summed E-state index contributed by atoms with van der Waals surface area (Å²) < 4.78 is 30.9. The van der Waals surface area contributed by atoms with Gasteiger partial charge in [0.15, 0.2) is 11.6 Å². The Morgan fingerprint density at radius 1 is 0.697 bits per heavy atom. The Bertz CT molecular complexity index is 804. The summed E-state index contributed by atoms with van der Waals surface area (Å²) in [4.78, 5) is 12.4. The van der Waals surface area contributed by atoms with Crippen LogP contribution in [-0.2, 0) is 0 Å². The molecule has 0 fully saturated rings. The van der Waals surface area contributed by atoms with Gasteiger partial charge < -0.3 is 14.2 Å². The Morgan fingerprint density at radius 2 is 1.24 bits per heavy atom. The van der Waals surface area contributed by atoms with Gasteiger partial charge in [0.25, 0.3) is 0 Å². The van der Waals surface area contributed by atoms with E-state index in [1.54, 1.807) is 30.3 Å². The largest absolute Gasteiger partial charge is 0.494 e. The van der Waals surface area contributed by atoms with E-state index in [1.807, 2.05) is 0 Å². The summed E-state index contributed by atoms with van der Waals surface area (Å²) in [6.07, 6.45) is 12.8. The van der Waals surface area contributed by atoms with Gasteiger partial charge in [-0.25, -0.2) is 9.18 Å². The second-order valence-electron chi connectivity index (χ2n) is 8.39. The third-order valence-electron chi connectivity index (χ3n) is 5.48. The first-order valence-electron chi connectivity index (χ1n) is 12.5. The Kier molecular flexibility index (Phi) is 13.0. The zero-order chi connectivity index (χ0) is 23.7. The molecule has 0 aliphatic rings. The molecule has 0 heterocycles. The number of carbonyl (C=O) groups is 1. The molecule has 2 rings (SSSR count). The minimum atomic E-state index is -0.540. The fourth-order valence-corrected chi connectivity index (χ4v) is 3.48. The van der Waals surface area contributed by atoms with E-state index in [0.29, 0.717) is 18.8 Å². The molecule has 0 atom stereocenters. The summed E-state index contributed by atoms with van der Waals surface area (Å²) in [7, 11) is 0. The van der Waals surface area contributed by atoms with E-state index in [-0.39, 0.29) is 11.5 Å². The van der Waals surface area contributed by atoms with Crippen LogP contribution in [0.2, 0.25) is 0 Å². The summed E-state index contributed by atoms with van der Waals surface area (Å²) in [5.74, 6) is -0.0236. The van der Waals surface area contributed by atoms with Gasteiger partial charge in [-0.05, 0) is 49.2 Å². The second-order valence-corrected chi connectivity index (χ2v) is 8.39. The van der Waals surface area contributed by atoms with Crippen LogP contribution in [0.25, 0.3) is 0 Å². The SMILES string of the molecule is CCCCCCCCOc1ccc(C(=O)Oc2ccc(OCCCCCCC)c(F)c2)cc1. The Balaban J connectivity index is 1.73. The highest BCUT2D eigenvalue weighted by Gasteiger charge is 2.12. The molecule has 0 spiro atoms. The third kappa shape index (κ3) is 10.7. The van der Waals surface area contributed by atoms with Crippen molar-refractivity contribution >= 4 is 5.97 Å². The number of carbonyl (C=O) groups excluding carboxylic acids is 1. The number of esters is 1. The standard InChI is InChI=1S/C28H39FO4/c1-3-5-7-9-11-12-20-31-24-16-14-23(15-17-24)28(30)33-25-18-19-27(26(29)22-25)32-21-13-10-8-6-4-2/h14-19,22H,3-13,20-21H2,1-2H3. The smallest absolute Gasteiger partial charge is 0.343 e. The minimum absolute atomic E-state index is 0.149. The summed E-state index contributed by atoms with van der Waals surface area (Å²) in [5.41, 5.74) is 0.384. The second kappa shape index (κ2) is 16.1. The van der Waals surface area contributed by atoms with Crippen molar-refractivity contribution in [2.24, 2.45) is 0 Å². The van der Waals surface area contributed by atoms with Crippen LogP contribution in [0, 0.1) is 5.82 Å². The van der Waals surface area contributed by atoms with Crippen molar-refractivity contribution in [3.8, 4) is 17.2 Å². The van der Waals surface area contributed by atoms with Gasteiger partial charge in [-0.15, -0.1) is 0 Å². The zero-order valence-electron chi connectivity index (χ0n) is 20.2. The lowest BCUT2D eigenvalue weighted by Crippen LogP contribution is -2.09. The maximum Gasteiger partial charge on any atom is 0.343 e. The maximum absolute atomic E-state index is 14.3. The topological polar surface area (TPSA) is 44.8 Å². The molecule has 33 heavy (non-hydrogen) atoms. The van der Waals surface area contributed by atoms with Gasteiger partial charge in [-0.3, -0.25) is 0 Å². The van der Waals surface area contributed by atoms with Crippen LogP contribution in [0.4, 0.5) is 4.39 Å². The van der Waals surface area contributed by atoms with Gasteiger partial charge >= 0.3 is 5.97 Å². The van der Waals surface area contributed by atoms with Gasteiger partial charge in [0.1, 0.15) is 11.5 Å². The van der Waals surface area contributed by atoms with Crippen LogP contribution in [0.5, 0.6) is 17.2 Å². The van der Waals surface area contributed by atoms with Gasteiger partial charge in [0.2, 0.25) is 0 Å². The molecule has 0 saturated heterocycles. The highest BCUT2D eigenvalue weighted by atomic mass is 19.1. The number of hydrogen-bond acceptors (Lipinski definition) is 4. The first-order valence-corrected chi connectivity index (χ1v) is 12.5. The lowest BCUT2D eigenvalue weighted by atomic mass is 10.1. The summed E-state index contributed by atoms with van der Waals surface area (Å²) in [5, 5.41) is 0.